The molecule has 1 atom stereocenters. The van der Waals surface area contributed by atoms with Gasteiger partial charge in [-0.3, -0.25) is 4.79 Å². The standard InChI is InChI=1S/C21H16N4O6S2/c26-18(23-20-22-14(11-32-20)13-6-2-1-3-7-13)12-33(27,28)21-25-24-19(31-21)17-10-29-15-8-4-5-9-16(15)30-17/h1-9,11,17H,10,12H2,(H,22,23,26). The number of thiazole rings is 1. The Morgan fingerprint density at radius 2 is 1.82 bits per heavy atom. The maximum absolute atomic E-state index is 12.6. The number of aromatic nitrogens is 3. The molecule has 0 saturated heterocycles. The van der Waals surface area contributed by atoms with E-state index in [4.69, 9.17) is 13.9 Å². The van der Waals surface area contributed by atoms with Crippen molar-refractivity contribution in [2.45, 2.75) is 11.3 Å². The van der Waals surface area contributed by atoms with Crippen molar-refractivity contribution in [1.82, 2.24) is 15.2 Å². The first-order chi connectivity index (χ1) is 16.0. The van der Waals surface area contributed by atoms with Gasteiger partial charge >= 0.3 is 5.22 Å². The largest absolute Gasteiger partial charge is 0.485 e. The number of para-hydroxylation sites is 2. The molecule has 33 heavy (non-hydrogen) atoms. The van der Waals surface area contributed by atoms with Crippen molar-refractivity contribution in [2.75, 3.05) is 17.7 Å². The maximum atomic E-state index is 12.6. The van der Waals surface area contributed by atoms with Gasteiger partial charge in [-0.05, 0) is 12.1 Å². The fourth-order valence-corrected chi connectivity index (χ4v) is 4.73. The number of nitrogens with one attached hydrogen (secondary N) is 1. The molecule has 1 aliphatic rings. The molecule has 1 unspecified atom stereocenters. The average molecular weight is 485 g/mol. The van der Waals surface area contributed by atoms with Gasteiger partial charge < -0.3 is 19.2 Å². The first-order valence-electron chi connectivity index (χ1n) is 9.73. The summed E-state index contributed by atoms with van der Waals surface area (Å²) in [5, 5.41) is 11.2. The Morgan fingerprint density at radius 3 is 2.64 bits per heavy atom. The predicted molar refractivity (Wildman–Crippen MR) is 118 cm³/mol. The molecule has 1 amide bonds. The van der Waals surface area contributed by atoms with Crippen LogP contribution in [0.1, 0.15) is 12.0 Å². The summed E-state index contributed by atoms with van der Waals surface area (Å²) in [7, 11) is -4.18. The third-order valence-electron chi connectivity index (χ3n) is 4.61. The molecule has 1 N–H and O–H groups in total. The summed E-state index contributed by atoms with van der Waals surface area (Å²) in [5.74, 6) is -0.657. The van der Waals surface area contributed by atoms with E-state index in [-0.39, 0.29) is 17.6 Å². The average Bonchev–Trinajstić information content (AvgIpc) is 3.50. The van der Waals surface area contributed by atoms with Crippen LogP contribution in [0.2, 0.25) is 0 Å². The van der Waals surface area contributed by atoms with Crippen LogP contribution >= 0.6 is 11.3 Å². The van der Waals surface area contributed by atoms with Crippen LogP contribution in [0.5, 0.6) is 11.5 Å². The van der Waals surface area contributed by atoms with Crippen molar-refractivity contribution in [3.8, 4) is 22.8 Å². The molecular formula is C21H16N4O6S2. The molecule has 3 heterocycles. The topological polar surface area (TPSA) is 134 Å². The van der Waals surface area contributed by atoms with Crippen LogP contribution in [0.15, 0.2) is 69.6 Å². The number of ether oxygens (including phenoxy) is 2. The molecular weight excluding hydrogens is 468 g/mol. The Labute approximate surface area is 192 Å². The zero-order valence-corrected chi connectivity index (χ0v) is 18.5. The lowest BCUT2D eigenvalue weighted by molar-refractivity contribution is -0.113. The second-order valence-electron chi connectivity index (χ2n) is 6.98. The van der Waals surface area contributed by atoms with Gasteiger partial charge in [0, 0.05) is 10.9 Å². The second kappa shape index (κ2) is 8.64. The van der Waals surface area contributed by atoms with Crippen molar-refractivity contribution >= 4 is 32.2 Å². The summed E-state index contributed by atoms with van der Waals surface area (Å²) in [6, 6.07) is 16.5. The molecule has 5 rings (SSSR count). The van der Waals surface area contributed by atoms with Gasteiger partial charge in [-0.1, -0.05) is 47.6 Å². The number of sulfone groups is 1. The van der Waals surface area contributed by atoms with Gasteiger partial charge in [-0.25, -0.2) is 13.4 Å². The summed E-state index contributed by atoms with van der Waals surface area (Å²) < 4.78 is 41.8. The zero-order valence-electron chi connectivity index (χ0n) is 16.9. The van der Waals surface area contributed by atoms with E-state index in [0.29, 0.717) is 17.2 Å². The van der Waals surface area contributed by atoms with Crippen molar-refractivity contribution < 1.29 is 27.1 Å². The molecule has 168 valence electrons. The number of hydrogen-bond donors (Lipinski definition) is 1. The SMILES string of the molecule is O=C(CS(=O)(=O)c1nnc(C2COc3ccccc3O2)o1)Nc1nc(-c2ccccc2)cs1. The highest BCUT2D eigenvalue weighted by Crippen LogP contribution is 2.35. The number of fused-ring (bicyclic) bond motifs is 1. The molecule has 0 saturated carbocycles. The van der Waals surface area contributed by atoms with E-state index in [1.165, 1.54) is 11.3 Å². The van der Waals surface area contributed by atoms with Gasteiger partial charge in [0.25, 0.3) is 5.89 Å². The highest BCUT2D eigenvalue weighted by molar-refractivity contribution is 7.91. The summed E-state index contributed by atoms with van der Waals surface area (Å²) in [6.07, 6.45) is -0.767. The summed E-state index contributed by atoms with van der Waals surface area (Å²) in [4.78, 5) is 16.7. The third kappa shape index (κ3) is 4.56. The van der Waals surface area contributed by atoms with E-state index in [9.17, 15) is 13.2 Å². The van der Waals surface area contributed by atoms with Crippen LogP contribution in [0.3, 0.4) is 0 Å². The minimum atomic E-state index is -4.18. The molecule has 4 aromatic rings. The molecule has 0 bridgehead atoms. The highest BCUT2D eigenvalue weighted by Gasteiger charge is 2.31. The number of nitrogens with zero attached hydrogens (tertiary/aromatic N) is 3. The molecule has 2 aromatic heterocycles. The van der Waals surface area contributed by atoms with Crippen molar-refractivity contribution in [3.05, 3.63) is 65.9 Å². The second-order valence-corrected chi connectivity index (χ2v) is 9.71. The molecule has 0 spiro atoms. The van der Waals surface area contributed by atoms with Crippen molar-refractivity contribution in [1.29, 1.82) is 0 Å². The van der Waals surface area contributed by atoms with E-state index >= 15 is 0 Å². The molecule has 2 aromatic carbocycles. The summed E-state index contributed by atoms with van der Waals surface area (Å²) in [6.45, 7) is 0.0764. The fourth-order valence-electron chi connectivity index (χ4n) is 3.08. The third-order valence-corrected chi connectivity index (χ3v) is 6.71. The minimum absolute atomic E-state index is 0.0593. The monoisotopic (exact) mass is 484 g/mol. The number of carbonyl (C=O) groups excluding carboxylic acids is 1. The minimum Gasteiger partial charge on any atom is -0.485 e. The van der Waals surface area contributed by atoms with E-state index in [2.05, 4.69) is 20.5 Å². The molecule has 10 nitrogen and oxygen atoms in total. The van der Waals surface area contributed by atoms with Crippen molar-refractivity contribution in [3.63, 3.8) is 0 Å². The first-order valence-corrected chi connectivity index (χ1v) is 12.3. The molecule has 0 aliphatic carbocycles. The lowest BCUT2D eigenvalue weighted by atomic mass is 10.2. The van der Waals surface area contributed by atoms with Gasteiger partial charge in [0.1, 0.15) is 12.4 Å². The number of rotatable bonds is 6. The first kappa shape index (κ1) is 21.1. The molecule has 0 radical (unpaired) electrons. The lowest BCUT2D eigenvalue weighted by Crippen LogP contribution is -2.23. The van der Waals surface area contributed by atoms with Gasteiger partial charge in [0.15, 0.2) is 16.6 Å². The van der Waals surface area contributed by atoms with Crippen LogP contribution in [0, 0.1) is 0 Å². The Morgan fingerprint density at radius 1 is 1.06 bits per heavy atom. The number of carbonyl (C=O) groups is 1. The van der Waals surface area contributed by atoms with Crippen LogP contribution in [0.25, 0.3) is 11.3 Å². The fraction of sp³-hybridized carbons (Fsp3) is 0.143. The van der Waals surface area contributed by atoms with Gasteiger partial charge in [0.2, 0.25) is 21.8 Å². The quantitative estimate of drug-likeness (QED) is 0.438. The van der Waals surface area contributed by atoms with Crippen LogP contribution < -0.4 is 14.8 Å². The normalized spacial score (nSPS) is 15.2. The van der Waals surface area contributed by atoms with Crippen molar-refractivity contribution in [2.24, 2.45) is 0 Å². The maximum Gasteiger partial charge on any atom is 0.336 e. The zero-order chi connectivity index (χ0) is 22.8. The number of hydrogen-bond acceptors (Lipinski definition) is 10. The summed E-state index contributed by atoms with van der Waals surface area (Å²) >= 11 is 1.19. The molecule has 12 heteroatoms. The number of anilines is 1. The smallest absolute Gasteiger partial charge is 0.336 e. The van der Waals surface area contributed by atoms with E-state index in [1.807, 2.05) is 30.3 Å². The Balaban J connectivity index is 1.24. The van der Waals surface area contributed by atoms with Crippen LogP contribution in [-0.2, 0) is 14.6 Å². The number of amides is 1. The Kier molecular flexibility index (Phi) is 5.52. The van der Waals surface area contributed by atoms with Gasteiger partial charge in [-0.2, -0.15) is 0 Å². The van der Waals surface area contributed by atoms with Crippen LogP contribution in [-0.4, -0.2) is 41.9 Å². The highest BCUT2D eigenvalue weighted by atomic mass is 32.2. The summed E-state index contributed by atoms with van der Waals surface area (Å²) in [5.41, 5.74) is 1.56. The Bertz CT molecular complexity index is 1400. The van der Waals surface area contributed by atoms with E-state index < -0.39 is 32.8 Å². The van der Waals surface area contributed by atoms with E-state index in [0.717, 1.165) is 5.56 Å². The van der Waals surface area contributed by atoms with Crippen LogP contribution in [0.4, 0.5) is 5.13 Å². The molecule has 0 fully saturated rings. The number of benzene rings is 2. The molecule has 1 aliphatic heterocycles. The van der Waals surface area contributed by atoms with Gasteiger partial charge in [0.05, 0.1) is 5.69 Å². The van der Waals surface area contributed by atoms with Gasteiger partial charge in [-0.15, -0.1) is 16.4 Å². The van der Waals surface area contributed by atoms with E-state index in [1.54, 1.807) is 29.6 Å². The Hall–Kier alpha value is -3.77. The predicted octanol–water partition coefficient (Wildman–Crippen LogP) is 3.12. The lowest BCUT2D eigenvalue weighted by Gasteiger charge is -2.23.